The molecular formula is C16H26N2O6S. The zero-order valence-corrected chi connectivity index (χ0v) is 16.3. The highest BCUT2D eigenvalue weighted by molar-refractivity contribution is 7.92. The van der Waals surface area contributed by atoms with Gasteiger partial charge in [0.25, 0.3) is 0 Å². The molecule has 0 spiro atoms. The van der Waals surface area contributed by atoms with E-state index in [1.165, 1.54) is 18.5 Å². The van der Waals surface area contributed by atoms with Gasteiger partial charge in [-0.1, -0.05) is 0 Å². The summed E-state index contributed by atoms with van der Waals surface area (Å²) in [7, 11) is -0.585. The van der Waals surface area contributed by atoms with Gasteiger partial charge in [-0.05, 0) is 32.9 Å². The van der Waals surface area contributed by atoms with E-state index < -0.39 is 21.7 Å². The van der Waals surface area contributed by atoms with Crippen molar-refractivity contribution in [2.75, 3.05) is 37.9 Å². The number of sulfonamides is 1. The molecule has 0 aliphatic heterocycles. The van der Waals surface area contributed by atoms with Crippen LogP contribution in [-0.4, -0.2) is 53.7 Å². The molecule has 0 radical (unpaired) electrons. The Kier molecular flexibility index (Phi) is 6.92. The zero-order chi connectivity index (χ0) is 19.3. The smallest absolute Gasteiger partial charge is 0.407 e. The number of hydrogen-bond acceptors (Lipinski definition) is 6. The monoisotopic (exact) mass is 374 g/mol. The van der Waals surface area contributed by atoms with Gasteiger partial charge in [0.15, 0.2) is 11.5 Å². The van der Waals surface area contributed by atoms with Crippen molar-refractivity contribution in [2.24, 2.45) is 0 Å². The molecule has 1 amide bonds. The number of hydrogen-bond donors (Lipinski definition) is 1. The Labute approximate surface area is 149 Å². The fraction of sp³-hybridized carbons (Fsp3) is 0.562. The van der Waals surface area contributed by atoms with E-state index in [4.69, 9.17) is 14.2 Å². The molecule has 0 atom stereocenters. The molecule has 1 rings (SSSR count). The summed E-state index contributed by atoms with van der Waals surface area (Å²) in [6.07, 6.45) is 0.491. The number of nitrogens with zero attached hydrogens (tertiary/aromatic N) is 1. The van der Waals surface area contributed by atoms with E-state index in [1.807, 2.05) is 0 Å². The quantitative estimate of drug-likeness (QED) is 0.784. The van der Waals surface area contributed by atoms with Crippen LogP contribution < -0.4 is 19.1 Å². The minimum Gasteiger partial charge on any atom is -0.493 e. The molecule has 9 heteroatoms. The van der Waals surface area contributed by atoms with Crippen molar-refractivity contribution in [1.29, 1.82) is 0 Å². The molecule has 1 aromatic carbocycles. The largest absolute Gasteiger partial charge is 0.493 e. The standard InChI is InChI=1S/C16H26N2O6S/c1-16(2,3)24-15(19)17-9-10-18(25(6,20)21)12-7-8-13(22-4)14(11-12)23-5/h7-8,11H,9-10H2,1-6H3,(H,17,19). The van der Waals surface area contributed by atoms with Gasteiger partial charge in [-0.3, -0.25) is 4.31 Å². The van der Waals surface area contributed by atoms with Gasteiger partial charge in [0.05, 0.1) is 32.7 Å². The van der Waals surface area contributed by atoms with E-state index in [1.54, 1.807) is 39.0 Å². The second-order valence-corrected chi connectivity index (χ2v) is 8.21. The van der Waals surface area contributed by atoms with E-state index in [9.17, 15) is 13.2 Å². The summed E-state index contributed by atoms with van der Waals surface area (Å²) in [6, 6.07) is 4.79. The summed E-state index contributed by atoms with van der Waals surface area (Å²) in [5.74, 6) is 0.903. The number of ether oxygens (including phenoxy) is 3. The summed E-state index contributed by atoms with van der Waals surface area (Å²) >= 11 is 0. The molecule has 1 aromatic rings. The Morgan fingerprint density at radius 1 is 1.16 bits per heavy atom. The number of anilines is 1. The second kappa shape index (κ2) is 8.28. The number of methoxy groups -OCH3 is 2. The van der Waals surface area contributed by atoms with E-state index in [-0.39, 0.29) is 13.1 Å². The number of carbonyl (C=O) groups is 1. The molecule has 1 N–H and O–H groups in total. The van der Waals surface area contributed by atoms with Crippen LogP contribution in [0.3, 0.4) is 0 Å². The van der Waals surface area contributed by atoms with Crippen LogP contribution >= 0.6 is 0 Å². The predicted molar refractivity (Wildman–Crippen MR) is 96.0 cm³/mol. The van der Waals surface area contributed by atoms with Crippen LogP contribution in [0.2, 0.25) is 0 Å². The number of carbonyl (C=O) groups excluding carboxylic acids is 1. The summed E-state index contributed by atoms with van der Waals surface area (Å²) in [5, 5.41) is 2.54. The van der Waals surface area contributed by atoms with Crippen LogP contribution in [0.5, 0.6) is 11.5 Å². The van der Waals surface area contributed by atoms with Gasteiger partial charge in [0, 0.05) is 12.6 Å². The second-order valence-electron chi connectivity index (χ2n) is 6.30. The molecule has 0 unspecified atom stereocenters. The Hall–Kier alpha value is -2.16. The minimum atomic E-state index is -3.55. The maximum Gasteiger partial charge on any atom is 0.407 e. The van der Waals surface area contributed by atoms with Crippen molar-refractivity contribution in [3.05, 3.63) is 18.2 Å². The highest BCUT2D eigenvalue weighted by atomic mass is 32.2. The van der Waals surface area contributed by atoms with Gasteiger partial charge < -0.3 is 19.5 Å². The molecular weight excluding hydrogens is 348 g/mol. The maximum atomic E-state index is 12.1. The Morgan fingerprint density at radius 3 is 2.24 bits per heavy atom. The molecule has 0 aliphatic rings. The van der Waals surface area contributed by atoms with Crippen LogP contribution in [0, 0.1) is 0 Å². The lowest BCUT2D eigenvalue weighted by molar-refractivity contribution is 0.0529. The van der Waals surface area contributed by atoms with Gasteiger partial charge in [0.2, 0.25) is 10.0 Å². The molecule has 0 saturated heterocycles. The van der Waals surface area contributed by atoms with Crippen molar-refractivity contribution in [1.82, 2.24) is 5.32 Å². The minimum absolute atomic E-state index is 0.0492. The third kappa shape index (κ3) is 6.69. The third-order valence-electron chi connectivity index (χ3n) is 3.04. The fourth-order valence-corrected chi connectivity index (χ4v) is 2.96. The van der Waals surface area contributed by atoms with Crippen LogP contribution in [0.4, 0.5) is 10.5 Å². The van der Waals surface area contributed by atoms with Gasteiger partial charge in [-0.15, -0.1) is 0 Å². The molecule has 0 aromatic heterocycles. The summed E-state index contributed by atoms with van der Waals surface area (Å²) in [5.41, 5.74) is -0.213. The van der Waals surface area contributed by atoms with Gasteiger partial charge in [-0.2, -0.15) is 0 Å². The first-order valence-electron chi connectivity index (χ1n) is 7.64. The lowest BCUT2D eigenvalue weighted by atomic mass is 10.2. The third-order valence-corrected chi connectivity index (χ3v) is 4.23. The first-order valence-corrected chi connectivity index (χ1v) is 9.49. The zero-order valence-electron chi connectivity index (χ0n) is 15.5. The SMILES string of the molecule is COc1ccc(N(CCNC(=O)OC(C)(C)C)S(C)(=O)=O)cc1OC. The van der Waals surface area contributed by atoms with Crippen LogP contribution in [0.1, 0.15) is 20.8 Å². The lowest BCUT2D eigenvalue weighted by Crippen LogP contribution is -2.40. The van der Waals surface area contributed by atoms with Crippen molar-refractivity contribution in [3.63, 3.8) is 0 Å². The number of rotatable bonds is 7. The molecule has 0 fully saturated rings. The highest BCUT2D eigenvalue weighted by Crippen LogP contribution is 2.32. The van der Waals surface area contributed by atoms with Gasteiger partial charge in [-0.25, -0.2) is 13.2 Å². The van der Waals surface area contributed by atoms with Crippen LogP contribution in [-0.2, 0) is 14.8 Å². The molecule has 8 nitrogen and oxygen atoms in total. The Morgan fingerprint density at radius 2 is 1.76 bits per heavy atom. The normalized spacial score (nSPS) is 11.6. The summed E-state index contributed by atoms with van der Waals surface area (Å²) < 4.78 is 40.8. The Bertz CT molecular complexity index is 697. The number of benzene rings is 1. The van der Waals surface area contributed by atoms with Crippen molar-refractivity contribution >= 4 is 21.8 Å². The van der Waals surface area contributed by atoms with Crippen LogP contribution in [0.25, 0.3) is 0 Å². The van der Waals surface area contributed by atoms with Crippen molar-refractivity contribution in [2.45, 2.75) is 26.4 Å². The van der Waals surface area contributed by atoms with Gasteiger partial charge >= 0.3 is 6.09 Å². The molecule has 0 saturated carbocycles. The lowest BCUT2D eigenvalue weighted by Gasteiger charge is -2.24. The highest BCUT2D eigenvalue weighted by Gasteiger charge is 2.20. The van der Waals surface area contributed by atoms with E-state index in [2.05, 4.69) is 5.32 Å². The first kappa shape index (κ1) is 20.9. The molecule has 25 heavy (non-hydrogen) atoms. The molecule has 142 valence electrons. The summed E-state index contributed by atoms with van der Waals surface area (Å²) in [4.78, 5) is 11.7. The van der Waals surface area contributed by atoms with Crippen molar-refractivity contribution < 1.29 is 27.4 Å². The van der Waals surface area contributed by atoms with E-state index in [0.29, 0.717) is 17.2 Å². The number of nitrogens with one attached hydrogen (secondary N) is 1. The average Bonchev–Trinajstić information content (AvgIpc) is 2.48. The Balaban J connectivity index is 2.88. The predicted octanol–water partition coefficient (Wildman–Crippen LogP) is 1.99. The molecule has 0 heterocycles. The average molecular weight is 374 g/mol. The van der Waals surface area contributed by atoms with Gasteiger partial charge in [0.1, 0.15) is 5.60 Å². The maximum absolute atomic E-state index is 12.1. The van der Waals surface area contributed by atoms with Crippen LogP contribution in [0.15, 0.2) is 18.2 Å². The first-order chi connectivity index (χ1) is 11.5. The van der Waals surface area contributed by atoms with E-state index in [0.717, 1.165) is 6.26 Å². The molecule has 0 bridgehead atoms. The van der Waals surface area contributed by atoms with E-state index >= 15 is 0 Å². The fourth-order valence-electron chi connectivity index (χ4n) is 2.04. The van der Waals surface area contributed by atoms with Crippen molar-refractivity contribution in [3.8, 4) is 11.5 Å². The number of alkyl carbamates (subject to hydrolysis) is 1. The number of amides is 1. The summed E-state index contributed by atoms with van der Waals surface area (Å²) in [6.45, 7) is 5.39. The topological polar surface area (TPSA) is 94.2 Å². The molecule has 0 aliphatic carbocycles.